The van der Waals surface area contributed by atoms with Gasteiger partial charge in [0.25, 0.3) is 0 Å². The highest BCUT2D eigenvalue weighted by Gasteiger charge is 2.13. The number of ether oxygens (including phenoxy) is 1. The molecular formula is C18H21NO2S. The van der Waals surface area contributed by atoms with Gasteiger partial charge in [0.2, 0.25) is 5.91 Å². The Kier molecular flexibility index (Phi) is 6.34. The van der Waals surface area contributed by atoms with Crippen LogP contribution in [-0.2, 0) is 17.1 Å². The fourth-order valence-electron chi connectivity index (χ4n) is 2.05. The first kappa shape index (κ1) is 16.4. The van der Waals surface area contributed by atoms with Crippen LogP contribution in [0.2, 0.25) is 0 Å². The van der Waals surface area contributed by atoms with Gasteiger partial charge in [0.15, 0.2) is 0 Å². The number of para-hydroxylation sites is 1. The zero-order valence-corrected chi connectivity index (χ0v) is 13.7. The highest BCUT2D eigenvalue weighted by molar-refractivity contribution is 7.99. The third kappa shape index (κ3) is 4.81. The third-order valence-electron chi connectivity index (χ3n) is 3.36. The second-order valence-electron chi connectivity index (χ2n) is 4.97. The van der Waals surface area contributed by atoms with E-state index in [1.165, 1.54) is 5.56 Å². The van der Waals surface area contributed by atoms with Crippen molar-refractivity contribution in [3.63, 3.8) is 0 Å². The number of amides is 1. The highest BCUT2D eigenvalue weighted by atomic mass is 32.2. The normalized spacial score (nSPS) is 11.7. The molecule has 2 rings (SSSR count). The first-order chi connectivity index (χ1) is 10.7. The lowest BCUT2D eigenvalue weighted by Gasteiger charge is -2.13. The average molecular weight is 315 g/mol. The molecule has 2 aromatic carbocycles. The number of carbonyl (C=O) groups is 1. The van der Waals surface area contributed by atoms with Gasteiger partial charge < -0.3 is 10.1 Å². The van der Waals surface area contributed by atoms with Crippen LogP contribution in [0.4, 0.5) is 0 Å². The van der Waals surface area contributed by atoms with Crippen molar-refractivity contribution in [2.24, 2.45) is 0 Å². The predicted octanol–water partition coefficient (Wildman–Crippen LogP) is 3.63. The van der Waals surface area contributed by atoms with Crippen LogP contribution in [0.1, 0.15) is 18.1 Å². The average Bonchev–Trinajstić information content (AvgIpc) is 2.58. The molecule has 0 saturated carbocycles. The van der Waals surface area contributed by atoms with Crippen LogP contribution in [0.15, 0.2) is 54.6 Å². The number of benzene rings is 2. The number of carbonyl (C=O) groups excluding carboxylic acids is 1. The number of methoxy groups -OCH3 is 1. The molecule has 0 fully saturated rings. The second kappa shape index (κ2) is 8.49. The second-order valence-corrected chi connectivity index (χ2v) is 6.30. The minimum absolute atomic E-state index is 0.0480. The molecule has 0 aliphatic heterocycles. The van der Waals surface area contributed by atoms with Crippen molar-refractivity contribution < 1.29 is 9.53 Å². The highest BCUT2D eigenvalue weighted by Crippen LogP contribution is 2.19. The van der Waals surface area contributed by atoms with E-state index in [0.717, 1.165) is 17.1 Å². The number of hydrogen-bond donors (Lipinski definition) is 1. The summed E-state index contributed by atoms with van der Waals surface area (Å²) in [6.07, 6.45) is 0. The lowest BCUT2D eigenvalue weighted by molar-refractivity contribution is -0.120. The molecule has 0 unspecified atom stereocenters. The molecule has 0 bridgehead atoms. The van der Waals surface area contributed by atoms with Gasteiger partial charge in [-0.15, -0.1) is 11.8 Å². The van der Waals surface area contributed by atoms with Crippen LogP contribution in [-0.4, -0.2) is 18.3 Å². The van der Waals surface area contributed by atoms with E-state index in [9.17, 15) is 4.79 Å². The molecule has 22 heavy (non-hydrogen) atoms. The zero-order valence-electron chi connectivity index (χ0n) is 12.9. The minimum atomic E-state index is -0.0880. The van der Waals surface area contributed by atoms with Gasteiger partial charge >= 0.3 is 0 Å². The standard InChI is InChI=1S/C18H21NO2S/c1-14(22-13-15-8-4-3-5-9-15)18(20)19-12-16-10-6-7-11-17(16)21-2/h3-11,14H,12-13H2,1-2H3,(H,19,20)/t14-/m0/s1. The zero-order chi connectivity index (χ0) is 15.8. The van der Waals surface area contributed by atoms with Crippen LogP contribution in [0.3, 0.4) is 0 Å². The molecule has 0 radical (unpaired) electrons. The molecule has 0 saturated heterocycles. The fourth-order valence-corrected chi connectivity index (χ4v) is 2.92. The van der Waals surface area contributed by atoms with E-state index in [2.05, 4.69) is 17.4 Å². The van der Waals surface area contributed by atoms with Crippen molar-refractivity contribution in [2.75, 3.05) is 7.11 Å². The van der Waals surface area contributed by atoms with Crippen LogP contribution < -0.4 is 10.1 Å². The summed E-state index contributed by atoms with van der Waals surface area (Å²) >= 11 is 1.64. The summed E-state index contributed by atoms with van der Waals surface area (Å²) in [5.74, 6) is 1.68. The van der Waals surface area contributed by atoms with Gasteiger partial charge in [0.05, 0.1) is 12.4 Å². The van der Waals surface area contributed by atoms with Crippen molar-refractivity contribution >= 4 is 17.7 Å². The molecule has 0 aromatic heterocycles. The molecule has 0 aliphatic carbocycles. The maximum absolute atomic E-state index is 12.2. The lowest BCUT2D eigenvalue weighted by Crippen LogP contribution is -2.30. The van der Waals surface area contributed by atoms with E-state index in [0.29, 0.717) is 6.54 Å². The van der Waals surface area contributed by atoms with E-state index < -0.39 is 0 Å². The van der Waals surface area contributed by atoms with Crippen LogP contribution >= 0.6 is 11.8 Å². The summed E-state index contributed by atoms with van der Waals surface area (Å²) in [5, 5.41) is 2.88. The van der Waals surface area contributed by atoms with Gasteiger partial charge in [-0.1, -0.05) is 48.5 Å². The molecule has 1 N–H and O–H groups in total. The van der Waals surface area contributed by atoms with E-state index >= 15 is 0 Å². The topological polar surface area (TPSA) is 38.3 Å². The Hall–Kier alpha value is -1.94. The summed E-state index contributed by atoms with van der Waals surface area (Å²) in [6, 6.07) is 17.9. The van der Waals surface area contributed by atoms with Gasteiger partial charge in [-0.3, -0.25) is 4.79 Å². The summed E-state index contributed by atoms with van der Waals surface area (Å²) in [6.45, 7) is 2.42. The Morgan fingerprint density at radius 2 is 1.82 bits per heavy atom. The van der Waals surface area contributed by atoms with Crippen molar-refractivity contribution in [2.45, 2.75) is 24.5 Å². The molecule has 0 heterocycles. The van der Waals surface area contributed by atoms with E-state index in [-0.39, 0.29) is 11.2 Å². The van der Waals surface area contributed by atoms with Gasteiger partial charge in [-0.25, -0.2) is 0 Å². The van der Waals surface area contributed by atoms with Crippen LogP contribution in [0, 0.1) is 0 Å². The maximum Gasteiger partial charge on any atom is 0.233 e. The summed E-state index contributed by atoms with van der Waals surface area (Å²) in [4.78, 5) is 12.2. The van der Waals surface area contributed by atoms with E-state index in [1.807, 2.05) is 49.4 Å². The number of rotatable bonds is 7. The third-order valence-corrected chi connectivity index (χ3v) is 4.57. The Balaban J connectivity index is 1.81. The molecule has 3 nitrogen and oxygen atoms in total. The van der Waals surface area contributed by atoms with E-state index in [1.54, 1.807) is 18.9 Å². The number of thioether (sulfide) groups is 1. The summed E-state index contributed by atoms with van der Waals surface area (Å²) in [7, 11) is 1.64. The first-order valence-electron chi connectivity index (χ1n) is 7.26. The van der Waals surface area contributed by atoms with Gasteiger partial charge in [-0.05, 0) is 18.6 Å². The van der Waals surface area contributed by atoms with Crippen molar-refractivity contribution in [1.29, 1.82) is 0 Å². The quantitative estimate of drug-likeness (QED) is 0.848. The molecule has 0 spiro atoms. The molecule has 1 amide bonds. The van der Waals surface area contributed by atoms with Gasteiger partial charge in [0, 0.05) is 17.9 Å². The Labute approximate surface area is 136 Å². The van der Waals surface area contributed by atoms with E-state index in [4.69, 9.17) is 4.74 Å². The Morgan fingerprint density at radius 1 is 1.14 bits per heavy atom. The van der Waals surface area contributed by atoms with Crippen molar-refractivity contribution in [1.82, 2.24) is 5.32 Å². The molecule has 2 aromatic rings. The number of nitrogens with one attached hydrogen (secondary N) is 1. The molecular weight excluding hydrogens is 294 g/mol. The SMILES string of the molecule is COc1ccccc1CNC(=O)[C@H](C)SCc1ccccc1. The Morgan fingerprint density at radius 3 is 2.55 bits per heavy atom. The lowest BCUT2D eigenvalue weighted by atomic mass is 10.2. The first-order valence-corrected chi connectivity index (χ1v) is 8.30. The fraction of sp³-hybridized carbons (Fsp3) is 0.278. The molecule has 4 heteroatoms. The minimum Gasteiger partial charge on any atom is -0.496 e. The van der Waals surface area contributed by atoms with Crippen molar-refractivity contribution in [3.05, 3.63) is 65.7 Å². The maximum atomic E-state index is 12.2. The van der Waals surface area contributed by atoms with Crippen molar-refractivity contribution in [3.8, 4) is 5.75 Å². The van der Waals surface area contributed by atoms with Crippen LogP contribution in [0.25, 0.3) is 0 Å². The Bertz CT molecular complexity index is 601. The smallest absolute Gasteiger partial charge is 0.233 e. The molecule has 1 atom stereocenters. The predicted molar refractivity (Wildman–Crippen MR) is 92.0 cm³/mol. The van der Waals surface area contributed by atoms with Gasteiger partial charge in [0.1, 0.15) is 5.75 Å². The molecule has 0 aliphatic rings. The molecule has 116 valence electrons. The number of hydrogen-bond acceptors (Lipinski definition) is 3. The summed E-state index contributed by atoms with van der Waals surface area (Å²) in [5.41, 5.74) is 2.22. The van der Waals surface area contributed by atoms with Crippen LogP contribution in [0.5, 0.6) is 5.75 Å². The summed E-state index contributed by atoms with van der Waals surface area (Å²) < 4.78 is 5.29. The van der Waals surface area contributed by atoms with Gasteiger partial charge in [-0.2, -0.15) is 0 Å². The monoisotopic (exact) mass is 315 g/mol. The largest absolute Gasteiger partial charge is 0.496 e.